The van der Waals surface area contributed by atoms with Crippen LogP contribution in [0.3, 0.4) is 0 Å². The molecule has 14 N–H and O–H groups in total. The zero-order chi connectivity index (χ0) is 68.0. The fraction of sp³-hybridized carbons (Fsp3) is 0.441. The molecule has 0 aliphatic carbocycles. The van der Waals surface area contributed by atoms with Crippen molar-refractivity contribution in [1.82, 2.24) is 31.9 Å². The van der Waals surface area contributed by atoms with Crippen LogP contribution in [0.1, 0.15) is 119 Å². The molecule has 2 aliphatic rings. The molecule has 2 unspecified atom stereocenters. The molecule has 12 atom stereocenters. The molecule has 2 saturated heterocycles. The Morgan fingerprint density at radius 2 is 0.734 bits per heavy atom. The van der Waals surface area contributed by atoms with Crippen LogP contribution in [0.5, 0.6) is 0 Å². The molecule has 506 valence electrons. The summed E-state index contributed by atoms with van der Waals surface area (Å²) in [6, 6.07) is 35.7. The number of rotatable bonds is 34. The highest BCUT2D eigenvalue weighted by molar-refractivity contribution is 5.98. The number of amides is 6. The van der Waals surface area contributed by atoms with Gasteiger partial charge in [0.15, 0.2) is 0 Å². The first-order valence-corrected chi connectivity index (χ1v) is 31.3. The maximum absolute atomic E-state index is 13.0. The van der Waals surface area contributed by atoms with Crippen LogP contribution in [-0.2, 0) is 38.1 Å². The lowest BCUT2D eigenvalue weighted by Gasteiger charge is -2.46. The molecule has 0 spiro atoms. The molecular weight excluding hydrogens is 1220 g/mol. The van der Waals surface area contributed by atoms with Crippen molar-refractivity contribution in [2.45, 2.75) is 151 Å². The van der Waals surface area contributed by atoms with Gasteiger partial charge in [0.2, 0.25) is 11.8 Å². The summed E-state index contributed by atoms with van der Waals surface area (Å²) >= 11 is 0. The summed E-state index contributed by atoms with van der Waals surface area (Å²) < 4.78 is 23.2. The van der Waals surface area contributed by atoms with Crippen molar-refractivity contribution in [1.29, 1.82) is 0 Å². The van der Waals surface area contributed by atoms with Crippen LogP contribution in [0.15, 0.2) is 133 Å². The molecule has 0 radical (unpaired) electrons. The number of hydrogen-bond donors (Lipinski definition) is 14. The number of aliphatic hydroxyl groups is 6. The van der Waals surface area contributed by atoms with E-state index >= 15 is 0 Å². The Morgan fingerprint density at radius 3 is 1.05 bits per heavy atom. The molecule has 6 amide bonds. The van der Waals surface area contributed by atoms with Gasteiger partial charge in [0.25, 0.3) is 35.2 Å². The molecule has 0 saturated carbocycles. The van der Waals surface area contributed by atoms with Crippen LogP contribution in [0.25, 0.3) is 22.3 Å². The predicted molar refractivity (Wildman–Crippen MR) is 339 cm³/mol. The normalized spacial score (nSPS) is 22.3. The molecule has 2 aliphatic heterocycles. The number of ether oxygens (including phenoxy) is 4. The number of aliphatic hydroxyl groups excluding tert-OH is 6. The predicted octanol–water partition coefficient (Wildman–Crippen LogP) is 2.81. The van der Waals surface area contributed by atoms with E-state index in [9.17, 15) is 79.2 Å². The van der Waals surface area contributed by atoms with E-state index in [-0.39, 0.29) is 36.2 Å². The first-order valence-electron chi connectivity index (χ1n) is 31.3. The van der Waals surface area contributed by atoms with E-state index in [2.05, 4.69) is 31.9 Å². The highest BCUT2D eigenvalue weighted by Gasteiger charge is 2.57. The van der Waals surface area contributed by atoms with Gasteiger partial charge >= 0.3 is 11.9 Å². The number of unbranched alkanes of at least 4 members (excludes halogenated alkanes) is 6. The van der Waals surface area contributed by atoms with Crippen LogP contribution in [0, 0.1) is 0 Å². The summed E-state index contributed by atoms with van der Waals surface area (Å²) in [5, 5.41) is 103. The minimum absolute atomic E-state index is 0.162. The van der Waals surface area contributed by atoms with Crippen molar-refractivity contribution in [2.24, 2.45) is 0 Å². The SMILES string of the molecule is CC(=O)N[C@@H]1[C@@H](O)C[C@](OCCCCCCNC(=O)c2ccc(C(=O)NCCCCCCO[C@]3(C(=O)O)C[C@H](O)[C@@H](NC(C)=O)[C@H](C(O)[C@H](O)CNC(=O)c4ccc(-c5ccccc5)cc4)O3)cc2)(C(=O)O)O[C@H]1C(O)[C@H](O)CNC(=O)c1ccc(-c2ccccc2)cc1. The van der Waals surface area contributed by atoms with E-state index < -0.39 is 134 Å². The van der Waals surface area contributed by atoms with E-state index in [1.807, 2.05) is 60.7 Å². The molecule has 94 heavy (non-hydrogen) atoms. The molecule has 5 aromatic carbocycles. The maximum Gasteiger partial charge on any atom is 0.364 e. The summed E-state index contributed by atoms with van der Waals surface area (Å²) in [4.78, 5) is 102. The van der Waals surface area contributed by atoms with Crippen molar-refractivity contribution in [3.8, 4) is 22.3 Å². The second-order valence-corrected chi connectivity index (χ2v) is 23.3. The van der Waals surface area contributed by atoms with Gasteiger partial charge in [-0.15, -0.1) is 0 Å². The molecule has 2 fully saturated rings. The molecule has 26 nitrogen and oxygen atoms in total. The molecule has 7 rings (SSSR count). The quantitative estimate of drug-likeness (QED) is 0.0263. The standard InChI is InChI=1S/C68H84N6O20/c1-41(75)73-55-51(77)37-67(65(87)88,93-59(55)57(81)53(79)39-71-63(85)49-25-21-45(22-26-49)43-17-9-7-10-18-43)91-35-15-5-3-13-33-69-61(83)47-29-31-48(32-30-47)62(84)70-34-14-4-6-16-36-92-68(66(89)90)38-52(78)56(74-42(2)76)60(94-68)58(82)54(80)40-72-64(86)50-27-23-46(24-28-50)44-19-11-8-12-20-44/h7-12,17-32,51-60,77-82H,3-6,13-16,33-40H2,1-2H3,(H,69,83)(H,70,84)(H,71,85)(H,72,86)(H,73,75)(H,74,76)(H,87,88)(H,89,90)/t51-,52-,53+,54+,55+,56+,57?,58?,59+,60+,67+,68+/m0/s1. The third kappa shape index (κ3) is 20.2. The Labute approximate surface area is 543 Å². The van der Waals surface area contributed by atoms with E-state index in [1.54, 1.807) is 48.5 Å². The third-order valence-corrected chi connectivity index (χ3v) is 16.2. The average Bonchev–Trinajstić information content (AvgIpc) is 0.777. The minimum atomic E-state index is -2.48. The Bertz CT molecular complexity index is 3090. The highest BCUT2D eigenvalue weighted by atomic mass is 16.7. The van der Waals surface area contributed by atoms with Gasteiger partial charge in [-0.1, -0.05) is 111 Å². The summed E-state index contributed by atoms with van der Waals surface area (Å²) in [6.07, 6.45) is -11.3. The van der Waals surface area contributed by atoms with Crippen molar-refractivity contribution < 1.29 is 98.2 Å². The third-order valence-electron chi connectivity index (χ3n) is 16.2. The second kappa shape index (κ2) is 35.1. The largest absolute Gasteiger partial charge is 0.477 e. The van der Waals surface area contributed by atoms with Gasteiger partial charge in [0, 0.05) is 75.1 Å². The number of carboxylic acid groups (broad SMARTS) is 2. The number of nitrogens with one attached hydrogen (secondary N) is 6. The molecule has 0 bridgehead atoms. The van der Waals surface area contributed by atoms with Crippen LogP contribution < -0.4 is 31.9 Å². The van der Waals surface area contributed by atoms with E-state index in [4.69, 9.17) is 18.9 Å². The average molecular weight is 1310 g/mol. The lowest BCUT2D eigenvalue weighted by atomic mass is 9.88. The monoisotopic (exact) mass is 1300 g/mol. The molecule has 26 heteroatoms. The first-order chi connectivity index (χ1) is 45.0. The number of aliphatic carboxylic acids is 2. The molecule has 0 aromatic heterocycles. The molecule has 5 aromatic rings. The Kier molecular flexibility index (Phi) is 27.2. The molecule has 2 heterocycles. The fourth-order valence-corrected chi connectivity index (χ4v) is 11.1. The van der Waals surface area contributed by atoms with Crippen LogP contribution in [-0.4, -0.2) is 200 Å². The lowest BCUT2D eigenvalue weighted by Crippen LogP contribution is -2.68. The van der Waals surface area contributed by atoms with Gasteiger partial charge in [-0.05, 0) is 96.5 Å². The zero-order valence-corrected chi connectivity index (χ0v) is 52.3. The number of hydrogen-bond acceptors (Lipinski definition) is 18. The van der Waals surface area contributed by atoms with Crippen molar-refractivity contribution in [3.05, 3.63) is 156 Å². The summed E-state index contributed by atoms with van der Waals surface area (Å²) in [5.41, 5.74) is 4.80. The van der Waals surface area contributed by atoms with E-state index in [0.717, 1.165) is 36.1 Å². The first kappa shape index (κ1) is 72.9. The van der Waals surface area contributed by atoms with Crippen molar-refractivity contribution >= 4 is 47.4 Å². The second-order valence-electron chi connectivity index (χ2n) is 23.3. The molecular formula is C68H84N6O20. The van der Waals surface area contributed by atoms with Gasteiger partial charge in [-0.3, -0.25) is 28.8 Å². The Balaban J connectivity index is 0.773. The summed E-state index contributed by atoms with van der Waals surface area (Å²) in [7, 11) is 0. The van der Waals surface area contributed by atoms with Gasteiger partial charge in [-0.2, -0.15) is 0 Å². The zero-order valence-electron chi connectivity index (χ0n) is 52.3. The van der Waals surface area contributed by atoms with Crippen molar-refractivity contribution in [2.75, 3.05) is 39.4 Å². The highest BCUT2D eigenvalue weighted by Crippen LogP contribution is 2.36. The van der Waals surface area contributed by atoms with Crippen LogP contribution in [0.4, 0.5) is 0 Å². The fourth-order valence-electron chi connectivity index (χ4n) is 11.1. The van der Waals surface area contributed by atoms with E-state index in [1.165, 1.54) is 24.3 Å². The summed E-state index contributed by atoms with van der Waals surface area (Å²) in [5.74, 6) is -11.4. The van der Waals surface area contributed by atoms with Crippen LogP contribution in [0.2, 0.25) is 0 Å². The number of carbonyl (C=O) groups excluding carboxylic acids is 6. The Morgan fingerprint density at radius 1 is 0.436 bits per heavy atom. The number of benzene rings is 5. The van der Waals surface area contributed by atoms with Gasteiger partial charge in [0.1, 0.15) is 24.4 Å². The minimum Gasteiger partial charge on any atom is -0.477 e. The number of carbonyl (C=O) groups is 8. The smallest absolute Gasteiger partial charge is 0.364 e. The maximum atomic E-state index is 13.0. The topological polar surface area (TPSA) is 408 Å². The lowest BCUT2D eigenvalue weighted by molar-refractivity contribution is -0.310. The van der Waals surface area contributed by atoms with Gasteiger partial charge in [0.05, 0.1) is 49.7 Å². The van der Waals surface area contributed by atoms with E-state index in [0.29, 0.717) is 75.6 Å². The van der Waals surface area contributed by atoms with Gasteiger partial charge in [-0.25, -0.2) is 9.59 Å². The van der Waals surface area contributed by atoms with Gasteiger partial charge < -0.3 is 91.7 Å². The van der Waals surface area contributed by atoms with Crippen molar-refractivity contribution in [3.63, 3.8) is 0 Å². The number of carboxylic acids is 2. The Hall–Kier alpha value is -8.54. The van der Waals surface area contributed by atoms with Crippen LogP contribution >= 0.6 is 0 Å². The summed E-state index contributed by atoms with van der Waals surface area (Å²) in [6.45, 7) is 1.55.